The quantitative estimate of drug-likeness (QED) is 0.237. The normalized spacial score (nSPS) is 10.7. The number of hydrogen-bond donors (Lipinski definition) is 1. The van der Waals surface area contributed by atoms with Gasteiger partial charge in [0.15, 0.2) is 6.61 Å². The van der Waals surface area contributed by atoms with Crippen LogP contribution >= 0.6 is 11.6 Å². The summed E-state index contributed by atoms with van der Waals surface area (Å²) in [4.78, 5) is 12.2. The first kappa shape index (κ1) is 23.1. The number of hydrogen-bond acceptors (Lipinski definition) is 4. The van der Waals surface area contributed by atoms with Crippen LogP contribution in [-0.4, -0.2) is 18.7 Å². The second-order valence-corrected chi connectivity index (χ2v) is 7.80. The Morgan fingerprint density at radius 3 is 2.32 bits per heavy atom. The third-order valence-corrected chi connectivity index (χ3v) is 5.33. The molecule has 0 saturated carbocycles. The zero-order valence-corrected chi connectivity index (χ0v) is 19.1. The summed E-state index contributed by atoms with van der Waals surface area (Å²) in [5.41, 5.74) is 6.18. The van der Waals surface area contributed by atoms with Gasteiger partial charge in [0.2, 0.25) is 0 Å². The molecule has 0 aliphatic heterocycles. The van der Waals surface area contributed by atoms with Gasteiger partial charge in [-0.3, -0.25) is 4.79 Å². The molecule has 1 amide bonds. The number of ether oxygens (including phenoxy) is 2. The van der Waals surface area contributed by atoms with E-state index in [4.69, 9.17) is 21.1 Å². The van der Waals surface area contributed by atoms with Crippen molar-refractivity contribution in [1.82, 2.24) is 5.43 Å². The first-order valence-electron chi connectivity index (χ1n) is 10.7. The summed E-state index contributed by atoms with van der Waals surface area (Å²) >= 11 is 6.15. The fraction of sp³-hybridized carbons (Fsp3) is 0.0714. The molecule has 0 aromatic heterocycles. The highest BCUT2D eigenvalue weighted by Crippen LogP contribution is 2.29. The molecule has 4 aromatic rings. The highest BCUT2D eigenvalue weighted by atomic mass is 35.5. The summed E-state index contributed by atoms with van der Waals surface area (Å²) in [5.74, 6) is 1.01. The molecule has 0 aliphatic carbocycles. The lowest BCUT2D eigenvalue weighted by Crippen LogP contribution is -2.24. The number of hydrazone groups is 1. The molecule has 0 atom stereocenters. The van der Waals surface area contributed by atoms with E-state index < -0.39 is 0 Å². The van der Waals surface area contributed by atoms with Crippen molar-refractivity contribution in [2.45, 2.75) is 6.61 Å². The van der Waals surface area contributed by atoms with Gasteiger partial charge in [-0.15, -0.1) is 0 Å². The van der Waals surface area contributed by atoms with E-state index in [0.717, 1.165) is 22.3 Å². The van der Waals surface area contributed by atoms with Crippen LogP contribution in [0.1, 0.15) is 11.1 Å². The summed E-state index contributed by atoms with van der Waals surface area (Å²) in [6, 6.07) is 32.4. The SMILES string of the molecule is O=C(COc1ccccc1-c1ccccc1)NN=Cc1ccc(OCc2ccccc2Cl)cc1. The number of para-hydroxylation sites is 1. The van der Waals surface area contributed by atoms with E-state index >= 15 is 0 Å². The minimum absolute atomic E-state index is 0.143. The average molecular weight is 471 g/mol. The summed E-state index contributed by atoms with van der Waals surface area (Å²) in [6.07, 6.45) is 1.56. The lowest BCUT2D eigenvalue weighted by atomic mass is 10.1. The molecule has 170 valence electrons. The topological polar surface area (TPSA) is 59.9 Å². The summed E-state index contributed by atoms with van der Waals surface area (Å²) < 4.78 is 11.5. The summed E-state index contributed by atoms with van der Waals surface area (Å²) in [7, 11) is 0. The predicted molar refractivity (Wildman–Crippen MR) is 135 cm³/mol. The molecule has 0 bridgehead atoms. The number of nitrogens with zero attached hydrogens (tertiary/aromatic N) is 1. The molecule has 6 heteroatoms. The molecule has 1 N–H and O–H groups in total. The van der Waals surface area contributed by atoms with Gasteiger partial charge in [-0.05, 0) is 47.5 Å². The van der Waals surface area contributed by atoms with Gasteiger partial charge >= 0.3 is 0 Å². The van der Waals surface area contributed by atoms with Crippen molar-refractivity contribution >= 4 is 23.7 Å². The molecule has 0 aliphatic rings. The van der Waals surface area contributed by atoms with Crippen molar-refractivity contribution in [3.05, 3.63) is 119 Å². The number of rotatable bonds is 9. The van der Waals surface area contributed by atoms with Crippen molar-refractivity contribution in [3.8, 4) is 22.6 Å². The van der Waals surface area contributed by atoms with Gasteiger partial charge < -0.3 is 9.47 Å². The van der Waals surface area contributed by atoms with E-state index in [1.54, 1.807) is 6.21 Å². The standard InChI is InChI=1S/C28H23ClN2O3/c29-26-12-6-4-10-23(26)19-33-24-16-14-21(15-17-24)18-30-31-28(32)20-34-27-13-7-5-11-25(27)22-8-2-1-3-9-22/h1-18H,19-20H2,(H,31,32). The molecule has 0 fully saturated rings. The molecule has 4 aromatic carbocycles. The molecule has 0 heterocycles. The average Bonchev–Trinajstić information content (AvgIpc) is 2.88. The first-order valence-corrected chi connectivity index (χ1v) is 11.1. The lowest BCUT2D eigenvalue weighted by molar-refractivity contribution is -0.123. The zero-order chi connectivity index (χ0) is 23.6. The Balaban J connectivity index is 1.26. The van der Waals surface area contributed by atoms with Crippen LogP contribution in [0, 0.1) is 0 Å². The summed E-state index contributed by atoms with van der Waals surface area (Å²) in [6.45, 7) is 0.243. The van der Waals surface area contributed by atoms with Gasteiger partial charge in [-0.2, -0.15) is 5.10 Å². The number of nitrogens with one attached hydrogen (secondary N) is 1. The molecule has 34 heavy (non-hydrogen) atoms. The van der Waals surface area contributed by atoms with Gasteiger partial charge in [0, 0.05) is 16.1 Å². The highest BCUT2D eigenvalue weighted by Gasteiger charge is 2.08. The second kappa shape index (κ2) is 11.7. The molecule has 0 unspecified atom stereocenters. The molecule has 0 saturated heterocycles. The fourth-order valence-corrected chi connectivity index (χ4v) is 3.42. The van der Waals surface area contributed by atoms with Crippen LogP contribution in [0.3, 0.4) is 0 Å². The third kappa shape index (κ3) is 6.47. The van der Waals surface area contributed by atoms with Crippen LogP contribution in [0.5, 0.6) is 11.5 Å². The summed E-state index contributed by atoms with van der Waals surface area (Å²) in [5, 5.41) is 4.68. The largest absolute Gasteiger partial charge is 0.489 e. The van der Waals surface area contributed by atoms with E-state index in [-0.39, 0.29) is 12.5 Å². The Kier molecular flexibility index (Phi) is 7.93. The van der Waals surface area contributed by atoms with Crippen LogP contribution in [0.2, 0.25) is 5.02 Å². The Labute approximate surface area is 203 Å². The van der Waals surface area contributed by atoms with Crippen LogP contribution in [0.25, 0.3) is 11.1 Å². The van der Waals surface area contributed by atoms with E-state index in [9.17, 15) is 4.79 Å². The van der Waals surface area contributed by atoms with E-state index in [2.05, 4.69) is 10.5 Å². The van der Waals surface area contributed by atoms with Crippen molar-refractivity contribution in [1.29, 1.82) is 0 Å². The lowest BCUT2D eigenvalue weighted by Gasteiger charge is -2.10. The van der Waals surface area contributed by atoms with Crippen LogP contribution < -0.4 is 14.9 Å². The second-order valence-electron chi connectivity index (χ2n) is 7.39. The Morgan fingerprint density at radius 2 is 1.53 bits per heavy atom. The molecule has 0 spiro atoms. The smallest absolute Gasteiger partial charge is 0.277 e. The van der Waals surface area contributed by atoms with Gasteiger partial charge in [-0.25, -0.2) is 5.43 Å². The maximum absolute atomic E-state index is 12.2. The van der Waals surface area contributed by atoms with Crippen molar-refractivity contribution in [2.24, 2.45) is 5.10 Å². The number of benzene rings is 4. The molecular formula is C28H23ClN2O3. The minimum Gasteiger partial charge on any atom is -0.489 e. The van der Waals surface area contributed by atoms with E-state index in [1.165, 1.54) is 0 Å². The molecular weight excluding hydrogens is 448 g/mol. The Bertz CT molecular complexity index is 1260. The minimum atomic E-state index is -0.348. The number of amides is 1. The Hall–Kier alpha value is -4.09. The Morgan fingerprint density at radius 1 is 0.824 bits per heavy atom. The van der Waals surface area contributed by atoms with Gasteiger partial charge in [0.1, 0.15) is 18.1 Å². The van der Waals surface area contributed by atoms with Crippen LogP contribution in [-0.2, 0) is 11.4 Å². The van der Waals surface area contributed by atoms with Gasteiger partial charge in [0.25, 0.3) is 5.91 Å². The maximum Gasteiger partial charge on any atom is 0.277 e. The predicted octanol–water partition coefficient (Wildman–Crippen LogP) is 6.12. The number of carbonyl (C=O) groups excluding carboxylic acids is 1. The van der Waals surface area contributed by atoms with Crippen molar-refractivity contribution < 1.29 is 14.3 Å². The van der Waals surface area contributed by atoms with Gasteiger partial charge in [-0.1, -0.05) is 78.3 Å². The number of carbonyl (C=O) groups is 1. The monoisotopic (exact) mass is 470 g/mol. The van der Waals surface area contributed by atoms with Crippen molar-refractivity contribution in [3.63, 3.8) is 0 Å². The van der Waals surface area contributed by atoms with Crippen molar-refractivity contribution in [2.75, 3.05) is 6.61 Å². The molecule has 5 nitrogen and oxygen atoms in total. The number of halogens is 1. The third-order valence-electron chi connectivity index (χ3n) is 4.97. The highest BCUT2D eigenvalue weighted by molar-refractivity contribution is 6.31. The molecule has 0 radical (unpaired) electrons. The maximum atomic E-state index is 12.2. The first-order chi connectivity index (χ1) is 16.7. The van der Waals surface area contributed by atoms with E-state index in [1.807, 2.05) is 103 Å². The zero-order valence-electron chi connectivity index (χ0n) is 18.4. The van der Waals surface area contributed by atoms with Crippen LogP contribution in [0.4, 0.5) is 0 Å². The van der Waals surface area contributed by atoms with E-state index in [0.29, 0.717) is 23.1 Å². The molecule has 4 rings (SSSR count). The fourth-order valence-electron chi connectivity index (χ4n) is 3.23. The van der Waals surface area contributed by atoms with Crippen LogP contribution in [0.15, 0.2) is 108 Å². The van der Waals surface area contributed by atoms with Gasteiger partial charge in [0.05, 0.1) is 6.21 Å².